The topological polar surface area (TPSA) is 60.7 Å². The van der Waals surface area contributed by atoms with Crippen LogP contribution in [0.1, 0.15) is 0 Å². The molecule has 0 aliphatic heterocycles. The van der Waals surface area contributed by atoms with Crippen LogP contribution in [0.5, 0.6) is 0 Å². The Hall–Kier alpha value is 0.650. The molecule has 0 bridgehead atoms. The Morgan fingerprint density at radius 1 is 1.83 bits per heavy atom. The van der Waals surface area contributed by atoms with Crippen LogP contribution < -0.4 is 4.66 Å². The third-order valence-electron chi connectivity index (χ3n) is 0.0514. The predicted molar refractivity (Wildman–Crippen MR) is 15.0 cm³/mol. The van der Waals surface area contributed by atoms with Crippen LogP contribution in [0, 0.1) is 21.0 Å². The second-order valence-corrected chi connectivity index (χ2v) is 0.446. The maximum absolute atomic E-state index is 8.84. The van der Waals surface area contributed by atoms with Crippen molar-refractivity contribution >= 4 is 29.6 Å². The van der Waals surface area contributed by atoms with Crippen molar-refractivity contribution in [3.63, 3.8) is 0 Å². The molecule has 32 valence electrons. The van der Waals surface area contributed by atoms with E-state index in [9.17, 15) is 0 Å². The molecule has 0 aliphatic rings. The second-order valence-electron chi connectivity index (χ2n) is 0.194. The monoisotopic (exact) mass is 123 g/mol. The van der Waals surface area contributed by atoms with E-state index in [1.807, 2.05) is 0 Å². The summed E-state index contributed by atoms with van der Waals surface area (Å²) in [6.07, 6.45) is 0. The van der Waals surface area contributed by atoms with Crippen molar-refractivity contribution in [2.45, 2.75) is 0 Å². The fourth-order valence-electron chi connectivity index (χ4n) is 0.0105. The van der Waals surface area contributed by atoms with Gasteiger partial charge in [-0.05, 0) is 0 Å². The van der Waals surface area contributed by atoms with Gasteiger partial charge < -0.3 is 4.66 Å². The zero-order chi connectivity index (χ0) is 4.12. The number of rotatable bonds is 2. The Morgan fingerprint density at radius 3 is 2.33 bits per heavy atom. The molecular weight excluding hydrogens is 122 g/mol. The number of halogens is 1. The first-order valence-corrected chi connectivity index (χ1v) is 1.26. The Morgan fingerprint density at radius 2 is 2.33 bits per heavy atom. The molecular formula is HClNaO4+. The van der Waals surface area contributed by atoms with Gasteiger partial charge in [-0.25, -0.2) is 0 Å². The van der Waals surface area contributed by atoms with Gasteiger partial charge in [0, 0.05) is 0 Å². The van der Waals surface area contributed by atoms with Crippen molar-refractivity contribution in [1.29, 1.82) is 0 Å². The van der Waals surface area contributed by atoms with Gasteiger partial charge in [0.05, 0.1) is 0 Å². The Kier molecular flexibility index (Phi) is 15.0. The fraction of sp³-hybridized carbons (Fsp3) is 0. The van der Waals surface area contributed by atoms with Crippen molar-refractivity contribution in [2.24, 2.45) is 0 Å². The zero-order valence-corrected chi connectivity index (χ0v) is 2.77. The van der Waals surface area contributed by atoms with E-state index in [1.165, 1.54) is 0 Å². The van der Waals surface area contributed by atoms with Gasteiger partial charge >= 0.3 is 45.6 Å². The summed E-state index contributed by atoms with van der Waals surface area (Å²) < 4.78 is 14.5. The fourth-order valence-corrected chi connectivity index (χ4v) is 0.0315. The molecule has 0 amide bonds. The van der Waals surface area contributed by atoms with Crippen LogP contribution >= 0.6 is 0 Å². The van der Waals surface area contributed by atoms with Crippen molar-refractivity contribution in [3.8, 4) is 0 Å². The number of hydrogen-bond acceptors (Lipinski definition) is 3. The van der Waals surface area contributed by atoms with E-state index < -0.39 is 0 Å². The summed E-state index contributed by atoms with van der Waals surface area (Å²) in [7, 11) is 0. The van der Waals surface area contributed by atoms with Gasteiger partial charge in [-0.1, -0.05) is 0 Å². The zero-order valence-electron chi connectivity index (χ0n) is 2.01. The third kappa shape index (κ3) is 8.82. The Bertz CT molecular complexity index is 28.7. The molecule has 0 aromatic rings. The van der Waals surface area contributed by atoms with Crippen LogP contribution in [-0.2, 0) is 4.44 Å². The van der Waals surface area contributed by atoms with Crippen LogP contribution in [0.2, 0.25) is 0 Å². The van der Waals surface area contributed by atoms with Gasteiger partial charge in [0.25, 0.3) is 9.40 Å². The quantitative estimate of drug-likeness (QED) is 0.188. The minimum atomic E-state index is -0.0112. The molecule has 0 fully saturated rings. The van der Waals surface area contributed by atoms with Crippen molar-refractivity contribution < 1.29 is 20.4 Å². The van der Waals surface area contributed by atoms with Gasteiger partial charge in [0.1, 0.15) is 0 Å². The molecule has 0 unspecified atom stereocenters. The third-order valence-corrected chi connectivity index (χ3v) is 0.154. The summed E-state index contributed by atoms with van der Waals surface area (Å²) in [5, 5.41) is 0. The second kappa shape index (κ2) is 9.17. The summed E-state index contributed by atoms with van der Waals surface area (Å²) in [5.41, 5.74) is 0. The summed E-state index contributed by atoms with van der Waals surface area (Å²) >= 11 is -0.0112. The average Bonchev–Trinajstić information content (AvgIpc) is 1.41. The number of hydrogen-bond donors (Lipinski definition) is 0. The molecule has 0 radical (unpaired) electrons. The van der Waals surface area contributed by atoms with Crippen molar-refractivity contribution in [1.82, 2.24) is 0 Å². The van der Waals surface area contributed by atoms with Gasteiger partial charge in [-0.3, -0.25) is 0 Å². The first-order chi connectivity index (χ1) is 2.41. The summed E-state index contributed by atoms with van der Waals surface area (Å²) in [5.74, 6) is 0. The van der Waals surface area contributed by atoms with E-state index in [0.29, 0.717) is 0 Å². The maximum atomic E-state index is 8.84. The summed E-state index contributed by atoms with van der Waals surface area (Å²) in [6, 6.07) is 0. The molecule has 0 heterocycles. The van der Waals surface area contributed by atoms with Gasteiger partial charge in [0.2, 0.25) is 0 Å². The molecule has 0 atom stereocenters. The molecule has 0 aromatic heterocycles. The first-order valence-electron chi connectivity index (χ1n) is 0.642. The van der Waals surface area contributed by atoms with Crippen LogP contribution in [0.25, 0.3) is 0 Å². The first kappa shape index (κ1) is 9.82. The average molecular weight is 123 g/mol. The molecule has 0 saturated carbocycles. The molecule has 6 heavy (non-hydrogen) atoms. The summed E-state index contributed by atoms with van der Waals surface area (Å²) in [6.45, 7) is 0. The Labute approximate surface area is 59.7 Å². The van der Waals surface area contributed by atoms with Crippen LogP contribution in [0.3, 0.4) is 0 Å². The van der Waals surface area contributed by atoms with E-state index >= 15 is 0 Å². The van der Waals surface area contributed by atoms with Crippen LogP contribution in [-0.4, -0.2) is 29.6 Å². The van der Waals surface area contributed by atoms with Gasteiger partial charge in [0.15, 0.2) is 0 Å². The molecule has 0 saturated heterocycles. The molecule has 0 aromatic carbocycles. The Balaban J connectivity index is 0. The van der Waals surface area contributed by atoms with E-state index in [0.717, 1.165) is 0 Å². The standard InChI is InChI=1S/ClO4.Na.H/c2-1-4-5-3;;/q+1;;. The molecule has 6 heteroatoms. The normalized spacial score (nSPS) is 5.50. The van der Waals surface area contributed by atoms with E-state index in [1.54, 1.807) is 0 Å². The molecule has 0 spiro atoms. The van der Waals surface area contributed by atoms with Crippen molar-refractivity contribution in [3.05, 3.63) is 9.71 Å². The van der Waals surface area contributed by atoms with Crippen LogP contribution in [0.15, 0.2) is 0 Å². The van der Waals surface area contributed by atoms with E-state index in [2.05, 4.69) is 9.19 Å². The van der Waals surface area contributed by atoms with Crippen LogP contribution in [0.4, 0.5) is 0 Å². The van der Waals surface area contributed by atoms with E-state index in [4.69, 9.17) is 9.62 Å². The molecule has 4 nitrogen and oxygen atoms in total. The molecule has 0 N–H and O–H groups in total. The van der Waals surface area contributed by atoms with Crippen molar-refractivity contribution in [2.75, 3.05) is 0 Å². The van der Waals surface area contributed by atoms with E-state index in [-0.39, 0.29) is 40.9 Å². The minimum absolute atomic E-state index is 0. The SMILES string of the molecule is O=[O+]O[Cl+][O-].[NaH]. The molecule has 0 rings (SSSR count). The molecule has 0 aliphatic carbocycles. The predicted octanol–water partition coefficient (Wildman–Crippen LogP) is -1.84. The van der Waals surface area contributed by atoms with Gasteiger partial charge in [-0.2, -0.15) is 0 Å². The summed E-state index contributed by atoms with van der Waals surface area (Å²) in [4.78, 5) is 8.57. The van der Waals surface area contributed by atoms with Gasteiger partial charge in [-0.15, -0.1) is 0 Å².